The molecule has 0 atom stereocenters. The van der Waals surface area contributed by atoms with Gasteiger partial charge >= 0.3 is 0 Å². The molecule has 2 rings (SSSR count). The molecule has 0 aliphatic carbocycles. The fourth-order valence-electron chi connectivity index (χ4n) is 2.07. The number of rotatable bonds is 5. The number of aryl methyl sites for hydroxylation is 1. The molecule has 17 heavy (non-hydrogen) atoms. The summed E-state index contributed by atoms with van der Waals surface area (Å²) in [6.45, 7) is 5.38. The minimum Gasteiger partial charge on any atom is -0.384 e. The van der Waals surface area contributed by atoms with Gasteiger partial charge in [0, 0.05) is 23.8 Å². The van der Waals surface area contributed by atoms with Crippen molar-refractivity contribution in [1.29, 1.82) is 0 Å². The molecule has 0 amide bonds. The molecule has 0 saturated carbocycles. The van der Waals surface area contributed by atoms with Crippen LogP contribution in [0.3, 0.4) is 0 Å². The van der Waals surface area contributed by atoms with E-state index in [0.29, 0.717) is 0 Å². The maximum Gasteiger partial charge on any atom is 0.0751 e. The number of hydrogen-bond donors (Lipinski definition) is 1. The van der Waals surface area contributed by atoms with Crippen LogP contribution in [0.1, 0.15) is 31.7 Å². The summed E-state index contributed by atoms with van der Waals surface area (Å²) in [6.07, 6.45) is 5.63. The molecule has 0 spiro atoms. The molecular weight excluding hydrogens is 208 g/mol. The third-order valence-corrected chi connectivity index (χ3v) is 3.07. The van der Waals surface area contributed by atoms with Gasteiger partial charge in [-0.25, -0.2) is 0 Å². The van der Waals surface area contributed by atoms with Crippen molar-refractivity contribution < 1.29 is 0 Å². The number of hydrogen-bond acceptors (Lipinski definition) is 2. The molecule has 0 bridgehead atoms. The summed E-state index contributed by atoms with van der Waals surface area (Å²) in [5.74, 6) is 0. The Bertz CT molecular complexity index is 491. The van der Waals surface area contributed by atoms with E-state index in [2.05, 4.69) is 42.3 Å². The van der Waals surface area contributed by atoms with Crippen molar-refractivity contribution in [1.82, 2.24) is 4.98 Å². The number of benzene rings is 1. The standard InChI is InChI=1S/C15H20N2/c1-3-4-5-10-16-14-9-8-12(2)15-13(14)7-6-11-17-15/h6-9,11,16H,3-5,10H2,1-2H3. The first-order chi connectivity index (χ1) is 8.33. The van der Waals surface area contributed by atoms with Crippen molar-refractivity contribution in [3.05, 3.63) is 36.0 Å². The highest BCUT2D eigenvalue weighted by molar-refractivity contribution is 5.93. The maximum absolute atomic E-state index is 4.45. The quantitative estimate of drug-likeness (QED) is 0.778. The van der Waals surface area contributed by atoms with E-state index in [9.17, 15) is 0 Å². The van der Waals surface area contributed by atoms with Crippen LogP contribution >= 0.6 is 0 Å². The lowest BCUT2D eigenvalue weighted by atomic mass is 10.1. The lowest BCUT2D eigenvalue weighted by molar-refractivity contribution is 0.744. The first-order valence-electron chi connectivity index (χ1n) is 6.41. The summed E-state index contributed by atoms with van der Waals surface area (Å²) in [5, 5.41) is 4.74. The Morgan fingerprint density at radius 3 is 2.88 bits per heavy atom. The summed E-state index contributed by atoms with van der Waals surface area (Å²) in [7, 11) is 0. The van der Waals surface area contributed by atoms with Gasteiger partial charge in [0.15, 0.2) is 0 Å². The van der Waals surface area contributed by atoms with Gasteiger partial charge in [0.05, 0.1) is 5.52 Å². The van der Waals surface area contributed by atoms with Crippen LogP contribution in [-0.2, 0) is 0 Å². The molecule has 1 N–H and O–H groups in total. The van der Waals surface area contributed by atoms with Crippen molar-refractivity contribution in [3.8, 4) is 0 Å². The summed E-state index contributed by atoms with van der Waals surface area (Å²) < 4.78 is 0. The predicted molar refractivity (Wildman–Crippen MR) is 74.5 cm³/mol. The Labute approximate surface area is 103 Å². The predicted octanol–water partition coefficient (Wildman–Crippen LogP) is 4.15. The van der Waals surface area contributed by atoms with E-state index in [1.807, 2.05) is 12.3 Å². The van der Waals surface area contributed by atoms with Crippen LogP contribution in [0.5, 0.6) is 0 Å². The Morgan fingerprint density at radius 2 is 2.06 bits per heavy atom. The van der Waals surface area contributed by atoms with Crippen LogP contribution in [0.25, 0.3) is 10.9 Å². The molecule has 0 fully saturated rings. The highest BCUT2D eigenvalue weighted by Gasteiger charge is 2.03. The second-order valence-corrected chi connectivity index (χ2v) is 4.46. The highest BCUT2D eigenvalue weighted by Crippen LogP contribution is 2.24. The Morgan fingerprint density at radius 1 is 1.18 bits per heavy atom. The zero-order valence-corrected chi connectivity index (χ0v) is 10.7. The number of pyridine rings is 1. The number of nitrogens with one attached hydrogen (secondary N) is 1. The minimum absolute atomic E-state index is 1.04. The third kappa shape index (κ3) is 2.76. The number of aromatic nitrogens is 1. The Hall–Kier alpha value is -1.57. The van der Waals surface area contributed by atoms with Crippen LogP contribution < -0.4 is 5.32 Å². The van der Waals surface area contributed by atoms with Crippen molar-refractivity contribution in [3.63, 3.8) is 0 Å². The van der Waals surface area contributed by atoms with Gasteiger partial charge in [0.2, 0.25) is 0 Å². The van der Waals surface area contributed by atoms with Gasteiger partial charge in [-0.05, 0) is 37.1 Å². The number of fused-ring (bicyclic) bond motifs is 1. The molecule has 1 aromatic heterocycles. The topological polar surface area (TPSA) is 24.9 Å². The zero-order valence-electron chi connectivity index (χ0n) is 10.7. The first-order valence-corrected chi connectivity index (χ1v) is 6.41. The van der Waals surface area contributed by atoms with Crippen molar-refractivity contribution in [2.24, 2.45) is 0 Å². The van der Waals surface area contributed by atoms with Crippen molar-refractivity contribution in [2.45, 2.75) is 33.1 Å². The van der Waals surface area contributed by atoms with Crippen molar-refractivity contribution >= 4 is 16.6 Å². The molecule has 0 radical (unpaired) electrons. The first kappa shape index (κ1) is 11.9. The van der Waals surface area contributed by atoms with E-state index in [1.165, 1.54) is 35.9 Å². The Kier molecular flexibility index (Phi) is 3.97. The Balaban J connectivity index is 2.20. The fourth-order valence-corrected chi connectivity index (χ4v) is 2.07. The van der Waals surface area contributed by atoms with Crippen LogP contribution in [-0.4, -0.2) is 11.5 Å². The van der Waals surface area contributed by atoms with E-state index in [1.54, 1.807) is 0 Å². The average Bonchev–Trinajstić information content (AvgIpc) is 2.37. The van der Waals surface area contributed by atoms with Crippen LogP contribution in [0, 0.1) is 6.92 Å². The largest absolute Gasteiger partial charge is 0.384 e. The summed E-state index contributed by atoms with van der Waals surface area (Å²) in [6, 6.07) is 8.43. The van der Waals surface area contributed by atoms with E-state index in [0.717, 1.165) is 12.1 Å². The lowest BCUT2D eigenvalue weighted by Crippen LogP contribution is -2.02. The van der Waals surface area contributed by atoms with Gasteiger partial charge < -0.3 is 5.32 Å². The van der Waals surface area contributed by atoms with E-state index in [4.69, 9.17) is 0 Å². The molecule has 0 aliphatic rings. The van der Waals surface area contributed by atoms with E-state index < -0.39 is 0 Å². The summed E-state index contributed by atoms with van der Waals surface area (Å²) >= 11 is 0. The average molecular weight is 228 g/mol. The molecule has 90 valence electrons. The van der Waals surface area contributed by atoms with Gasteiger partial charge in [-0.1, -0.05) is 25.8 Å². The zero-order chi connectivity index (χ0) is 12.1. The fraction of sp³-hybridized carbons (Fsp3) is 0.400. The van der Waals surface area contributed by atoms with Crippen LogP contribution in [0.15, 0.2) is 30.5 Å². The van der Waals surface area contributed by atoms with Crippen molar-refractivity contribution in [2.75, 3.05) is 11.9 Å². The van der Waals surface area contributed by atoms with E-state index >= 15 is 0 Å². The molecule has 1 aromatic carbocycles. The molecule has 0 saturated heterocycles. The van der Waals surface area contributed by atoms with Crippen LogP contribution in [0.2, 0.25) is 0 Å². The summed E-state index contributed by atoms with van der Waals surface area (Å²) in [4.78, 5) is 4.45. The van der Waals surface area contributed by atoms with Gasteiger partial charge in [-0.15, -0.1) is 0 Å². The van der Waals surface area contributed by atoms with Gasteiger partial charge in [0.25, 0.3) is 0 Å². The minimum atomic E-state index is 1.04. The molecule has 0 aliphatic heterocycles. The summed E-state index contributed by atoms with van der Waals surface area (Å²) in [5.41, 5.74) is 3.54. The van der Waals surface area contributed by atoms with Gasteiger partial charge in [-0.3, -0.25) is 4.98 Å². The lowest BCUT2D eigenvalue weighted by Gasteiger charge is -2.10. The molecule has 1 heterocycles. The molecule has 2 nitrogen and oxygen atoms in total. The molecule has 2 aromatic rings. The van der Waals surface area contributed by atoms with Crippen LogP contribution in [0.4, 0.5) is 5.69 Å². The number of nitrogens with zero attached hydrogens (tertiary/aromatic N) is 1. The molecule has 0 unspecified atom stereocenters. The maximum atomic E-state index is 4.45. The monoisotopic (exact) mass is 228 g/mol. The molecule has 2 heteroatoms. The number of unbranched alkanes of at least 4 members (excludes halogenated alkanes) is 2. The number of anilines is 1. The van der Waals surface area contributed by atoms with E-state index in [-0.39, 0.29) is 0 Å². The highest BCUT2D eigenvalue weighted by atomic mass is 14.9. The second kappa shape index (κ2) is 5.67. The van der Waals surface area contributed by atoms with Gasteiger partial charge in [0.1, 0.15) is 0 Å². The van der Waals surface area contributed by atoms with Gasteiger partial charge in [-0.2, -0.15) is 0 Å². The SMILES string of the molecule is CCCCCNc1ccc(C)c2ncccc12. The normalized spacial score (nSPS) is 10.7. The molecular formula is C15H20N2. The smallest absolute Gasteiger partial charge is 0.0751 e. The second-order valence-electron chi connectivity index (χ2n) is 4.46. The third-order valence-electron chi connectivity index (χ3n) is 3.07.